The quantitative estimate of drug-likeness (QED) is 0.194. The molecule has 0 radical (unpaired) electrons. The van der Waals surface area contributed by atoms with Gasteiger partial charge in [0.15, 0.2) is 5.78 Å². The van der Waals surface area contributed by atoms with Crippen molar-refractivity contribution in [3.05, 3.63) is 22.8 Å². The number of carbonyl (C=O) groups excluding carboxylic acids is 1. The maximum Gasteiger partial charge on any atom is 0.264 e. The SMILES string of the molecule is COc1cc(C)c(S(=O)(=O)NC(=N)NCCCC(N)C(=O)CCl)c(C)c1C.Cl. The summed E-state index contributed by atoms with van der Waals surface area (Å²) in [5.74, 6) is -0.114. The Labute approximate surface area is 177 Å². The predicted molar refractivity (Wildman–Crippen MR) is 113 cm³/mol. The number of aryl methyl sites for hydroxylation is 1. The molecule has 11 heteroatoms. The minimum absolute atomic E-state index is 0. The number of Topliss-reactive ketones (excluding diaryl/α,β-unsaturated/α-hetero) is 1. The molecule has 0 aliphatic rings. The van der Waals surface area contributed by atoms with Crippen molar-refractivity contribution >= 4 is 45.8 Å². The third-order valence-electron chi connectivity index (χ3n) is 4.24. The molecule has 1 aromatic carbocycles. The highest BCUT2D eigenvalue weighted by Crippen LogP contribution is 2.30. The molecule has 1 aromatic rings. The van der Waals surface area contributed by atoms with Gasteiger partial charge in [0.1, 0.15) is 5.75 Å². The zero-order valence-corrected chi connectivity index (χ0v) is 18.8. The molecule has 1 atom stereocenters. The number of ketones is 1. The molecule has 0 spiro atoms. The van der Waals surface area contributed by atoms with E-state index in [9.17, 15) is 13.2 Å². The summed E-state index contributed by atoms with van der Waals surface area (Å²) < 4.78 is 32.9. The topological polar surface area (TPSA) is 134 Å². The summed E-state index contributed by atoms with van der Waals surface area (Å²) in [4.78, 5) is 11.4. The third kappa shape index (κ3) is 6.80. The lowest BCUT2D eigenvalue weighted by molar-refractivity contribution is -0.118. The molecule has 5 N–H and O–H groups in total. The second-order valence-corrected chi connectivity index (χ2v) is 8.12. The average molecular weight is 455 g/mol. The van der Waals surface area contributed by atoms with E-state index in [4.69, 9.17) is 27.5 Å². The van der Waals surface area contributed by atoms with Crippen LogP contribution in [-0.2, 0) is 14.8 Å². The number of carbonyl (C=O) groups is 1. The van der Waals surface area contributed by atoms with E-state index in [0.717, 1.165) is 5.56 Å². The minimum Gasteiger partial charge on any atom is -0.496 e. The second kappa shape index (κ2) is 11.5. The maximum absolute atomic E-state index is 12.7. The van der Waals surface area contributed by atoms with Gasteiger partial charge in [0, 0.05) is 6.54 Å². The van der Waals surface area contributed by atoms with Crippen LogP contribution in [0.15, 0.2) is 11.0 Å². The number of sulfonamides is 1. The number of alkyl halides is 1. The predicted octanol–water partition coefficient (Wildman–Crippen LogP) is 1.76. The first kappa shape index (κ1) is 26.4. The monoisotopic (exact) mass is 454 g/mol. The molecule has 0 heterocycles. The van der Waals surface area contributed by atoms with E-state index in [2.05, 4.69) is 10.0 Å². The molecular formula is C17H28Cl2N4O4S. The summed E-state index contributed by atoms with van der Waals surface area (Å²) in [6, 6.07) is 1.01. The summed E-state index contributed by atoms with van der Waals surface area (Å²) in [6.45, 7) is 5.45. The standard InChI is InChI=1S/C17H27ClN4O4S.ClH/c1-10-8-15(26-4)11(2)12(3)16(10)27(24,25)22-17(20)21-7-5-6-13(19)14(23)9-18;/h8,13H,5-7,9,19H2,1-4H3,(H3,20,21,22);1H. The van der Waals surface area contributed by atoms with Crippen LogP contribution in [0.5, 0.6) is 5.75 Å². The van der Waals surface area contributed by atoms with Crippen molar-refractivity contribution in [1.82, 2.24) is 10.0 Å². The molecule has 160 valence electrons. The molecule has 0 aliphatic heterocycles. The number of ether oxygens (including phenoxy) is 1. The van der Waals surface area contributed by atoms with Crippen LogP contribution in [0, 0.1) is 26.2 Å². The Hall–Kier alpha value is -1.55. The summed E-state index contributed by atoms with van der Waals surface area (Å²) in [5, 5.41) is 10.5. The normalized spacial score (nSPS) is 11.9. The molecule has 1 rings (SSSR count). The first-order valence-electron chi connectivity index (χ1n) is 8.39. The van der Waals surface area contributed by atoms with Crippen LogP contribution in [0.2, 0.25) is 0 Å². The van der Waals surface area contributed by atoms with Crippen molar-refractivity contribution in [1.29, 1.82) is 5.41 Å². The summed E-state index contributed by atoms with van der Waals surface area (Å²) in [5.41, 5.74) is 7.48. The number of hydrogen-bond donors (Lipinski definition) is 4. The lowest BCUT2D eigenvalue weighted by atomic mass is 10.1. The molecule has 1 unspecified atom stereocenters. The Morgan fingerprint density at radius 2 is 1.93 bits per heavy atom. The first-order chi connectivity index (χ1) is 12.5. The molecule has 0 bridgehead atoms. The average Bonchev–Trinajstić information content (AvgIpc) is 2.60. The lowest BCUT2D eigenvalue weighted by Gasteiger charge is -2.18. The molecular weight excluding hydrogens is 427 g/mol. The first-order valence-corrected chi connectivity index (χ1v) is 10.4. The van der Waals surface area contributed by atoms with Gasteiger partial charge in [0.2, 0.25) is 5.96 Å². The van der Waals surface area contributed by atoms with Gasteiger partial charge in [-0.3, -0.25) is 10.2 Å². The van der Waals surface area contributed by atoms with Crippen LogP contribution in [0.3, 0.4) is 0 Å². The molecule has 8 nitrogen and oxygen atoms in total. The van der Waals surface area contributed by atoms with Crippen molar-refractivity contribution in [2.75, 3.05) is 19.5 Å². The molecule has 0 saturated heterocycles. The van der Waals surface area contributed by atoms with Crippen LogP contribution in [0.25, 0.3) is 0 Å². The van der Waals surface area contributed by atoms with E-state index in [1.54, 1.807) is 26.8 Å². The van der Waals surface area contributed by atoms with Crippen LogP contribution >= 0.6 is 24.0 Å². The molecule has 0 aromatic heterocycles. The number of nitrogens with one attached hydrogen (secondary N) is 3. The third-order valence-corrected chi connectivity index (χ3v) is 6.14. The van der Waals surface area contributed by atoms with Gasteiger partial charge in [-0.05, 0) is 56.4 Å². The van der Waals surface area contributed by atoms with Crippen molar-refractivity contribution < 1.29 is 17.9 Å². The van der Waals surface area contributed by atoms with Crippen molar-refractivity contribution in [2.24, 2.45) is 5.73 Å². The van der Waals surface area contributed by atoms with E-state index in [-0.39, 0.29) is 34.9 Å². The highest BCUT2D eigenvalue weighted by Gasteiger charge is 2.23. The van der Waals surface area contributed by atoms with E-state index < -0.39 is 16.1 Å². The minimum atomic E-state index is -3.93. The Balaban J connectivity index is 0.00000729. The van der Waals surface area contributed by atoms with Crippen LogP contribution in [0.4, 0.5) is 0 Å². The molecule has 0 aliphatic carbocycles. The van der Waals surface area contributed by atoms with Crippen molar-refractivity contribution in [2.45, 2.75) is 44.6 Å². The van der Waals surface area contributed by atoms with Gasteiger partial charge in [0.25, 0.3) is 10.0 Å². The Morgan fingerprint density at radius 1 is 1.32 bits per heavy atom. The van der Waals surface area contributed by atoms with Crippen molar-refractivity contribution in [3.8, 4) is 5.75 Å². The molecule has 0 saturated carbocycles. The largest absolute Gasteiger partial charge is 0.496 e. The van der Waals surface area contributed by atoms with Gasteiger partial charge >= 0.3 is 0 Å². The fourth-order valence-corrected chi connectivity index (χ4v) is 4.34. The Bertz CT molecular complexity index is 816. The van der Waals surface area contributed by atoms with Gasteiger partial charge in [0.05, 0.1) is 23.9 Å². The fourth-order valence-electron chi connectivity index (χ4n) is 2.66. The van der Waals surface area contributed by atoms with E-state index >= 15 is 0 Å². The van der Waals surface area contributed by atoms with Gasteiger partial charge < -0.3 is 15.8 Å². The molecule has 0 amide bonds. The maximum atomic E-state index is 12.7. The van der Waals surface area contributed by atoms with Gasteiger partial charge in [-0.1, -0.05) is 0 Å². The smallest absolute Gasteiger partial charge is 0.264 e. The lowest BCUT2D eigenvalue weighted by Crippen LogP contribution is -2.41. The number of methoxy groups -OCH3 is 1. The zero-order valence-electron chi connectivity index (χ0n) is 16.4. The fraction of sp³-hybridized carbons (Fsp3) is 0.529. The van der Waals surface area contributed by atoms with Crippen molar-refractivity contribution in [3.63, 3.8) is 0 Å². The Kier molecular flexibility index (Phi) is 10.8. The number of benzene rings is 1. The number of nitrogens with two attached hydrogens (primary N) is 1. The summed E-state index contributed by atoms with van der Waals surface area (Å²) >= 11 is 5.43. The highest BCUT2D eigenvalue weighted by molar-refractivity contribution is 7.90. The van der Waals surface area contributed by atoms with Crippen LogP contribution < -0.4 is 20.5 Å². The Morgan fingerprint density at radius 3 is 2.46 bits per heavy atom. The number of rotatable bonds is 9. The molecule has 28 heavy (non-hydrogen) atoms. The highest BCUT2D eigenvalue weighted by atomic mass is 35.5. The van der Waals surface area contributed by atoms with Gasteiger partial charge in [-0.2, -0.15) is 0 Å². The van der Waals surface area contributed by atoms with Gasteiger partial charge in [-0.25, -0.2) is 13.1 Å². The van der Waals surface area contributed by atoms with E-state index in [1.165, 1.54) is 7.11 Å². The van der Waals surface area contributed by atoms with Crippen LogP contribution in [-0.4, -0.2) is 45.7 Å². The van der Waals surface area contributed by atoms with E-state index in [0.29, 0.717) is 36.3 Å². The number of hydrogen-bond acceptors (Lipinski definition) is 6. The second-order valence-electron chi connectivity index (χ2n) is 6.23. The number of halogens is 2. The molecule has 0 fully saturated rings. The van der Waals surface area contributed by atoms with Gasteiger partial charge in [-0.15, -0.1) is 24.0 Å². The zero-order chi connectivity index (χ0) is 20.8. The summed E-state index contributed by atoms with van der Waals surface area (Å²) in [6.07, 6.45) is 0.891. The van der Waals surface area contributed by atoms with Crippen LogP contribution in [0.1, 0.15) is 29.5 Å². The number of guanidine groups is 1. The van der Waals surface area contributed by atoms with E-state index in [1.807, 2.05) is 0 Å². The summed E-state index contributed by atoms with van der Waals surface area (Å²) in [7, 11) is -2.40.